The minimum absolute atomic E-state index is 0.0429. The van der Waals surface area contributed by atoms with E-state index in [9.17, 15) is 22.8 Å². The summed E-state index contributed by atoms with van der Waals surface area (Å²) >= 11 is 0. The zero-order chi connectivity index (χ0) is 19.3. The third kappa shape index (κ3) is 4.19. The van der Waals surface area contributed by atoms with E-state index in [1.807, 2.05) is 6.07 Å². The first-order valence-electron chi connectivity index (χ1n) is 7.55. The van der Waals surface area contributed by atoms with Gasteiger partial charge in [0.2, 0.25) is 5.91 Å². The van der Waals surface area contributed by atoms with Gasteiger partial charge in [-0.3, -0.25) is 9.59 Å². The lowest BCUT2D eigenvalue weighted by molar-refractivity contribution is -0.116. The smallest absolute Gasteiger partial charge is 0.254 e. The van der Waals surface area contributed by atoms with Crippen molar-refractivity contribution in [3.63, 3.8) is 0 Å². The summed E-state index contributed by atoms with van der Waals surface area (Å²) in [5, 5.41) is 11.3. The van der Waals surface area contributed by atoms with Crippen LogP contribution in [0.25, 0.3) is 0 Å². The van der Waals surface area contributed by atoms with Crippen molar-refractivity contribution in [1.29, 1.82) is 5.26 Å². The Hall–Kier alpha value is -3.34. The van der Waals surface area contributed by atoms with E-state index in [-0.39, 0.29) is 19.0 Å². The molecule has 0 heterocycles. The zero-order valence-electron chi connectivity index (χ0n) is 13.7. The van der Waals surface area contributed by atoms with Gasteiger partial charge in [-0.25, -0.2) is 13.2 Å². The molecule has 0 aliphatic rings. The van der Waals surface area contributed by atoms with Crippen molar-refractivity contribution in [2.24, 2.45) is 0 Å². The number of carbonyl (C=O) groups excluding carboxylic acids is 2. The van der Waals surface area contributed by atoms with Crippen LogP contribution in [0.4, 0.5) is 18.9 Å². The lowest BCUT2D eigenvalue weighted by atomic mass is 10.2. The van der Waals surface area contributed by atoms with Crippen LogP contribution in [0.15, 0.2) is 36.4 Å². The number of benzene rings is 2. The molecule has 0 aromatic heterocycles. The van der Waals surface area contributed by atoms with E-state index in [2.05, 4.69) is 5.32 Å². The Morgan fingerprint density at radius 3 is 2.54 bits per heavy atom. The van der Waals surface area contributed by atoms with E-state index in [0.29, 0.717) is 17.3 Å². The van der Waals surface area contributed by atoms with Gasteiger partial charge in [-0.2, -0.15) is 5.26 Å². The van der Waals surface area contributed by atoms with Crippen LogP contribution in [-0.2, 0) is 4.79 Å². The van der Waals surface area contributed by atoms with E-state index in [1.165, 1.54) is 17.9 Å². The molecule has 2 aromatic rings. The molecule has 5 nitrogen and oxygen atoms in total. The Morgan fingerprint density at radius 1 is 1.15 bits per heavy atom. The summed E-state index contributed by atoms with van der Waals surface area (Å²) in [5.74, 6) is -5.95. The van der Waals surface area contributed by atoms with E-state index in [4.69, 9.17) is 5.26 Å². The van der Waals surface area contributed by atoms with Gasteiger partial charge in [0.25, 0.3) is 5.91 Å². The van der Waals surface area contributed by atoms with Gasteiger partial charge >= 0.3 is 0 Å². The van der Waals surface area contributed by atoms with Crippen LogP contribution < -0.4 is 10.2 Å². The standard InChI is InChI=1S/C18H14F3N3O2/c1-11(25)24(13-4-2-3-12(9-13)10-22)8-7-23-18(26)14-5-6-15(19)17(21)16(14)20/h2-6,9H,7-8H2,1H3,(H,23,26). The van der Waals surface area contributed by atoms with Crippen LogP contribution in [0.1, 0.15) is 22.8 Å². The summed E-state index contributed by atoms with van der Waals surface area (Å²) in [6.45, 7) is 1.30. The molecule has 8 heteroatoms. The molecular formula is C18H14F3N3O2. The molecule has 0 saturated carbocycles. The fourth-order valence-corrected chi connectivity index (χ4v) is 2.29. The average molecular weight is 361 g/mol. The number of halogens is 3. The summed E-state index contributed by atoms with van der Waals surface area (Å²) in [6.07, 6.45) is 0. The number of nitrogens with one attached hydrogen (secondary N) is 1. The van der Waals surface area contributed by atoms with Gasteiger partial charge in [0.05, 0.1) is 17.2 Å². The summed E-state index contributed by atoms with van der Waals surface area (Å²) in [7, 11) is 0. The zero-order valence-corrected chi connectivity index (χ0v) is 13.7. The highest BCUT2D eigenvalue weighted by Gasteiger charge is 2.19. The first kappa shape index (κ1) is 19.0. The SMILES string of the molecule is CC(=O)N(CCNC(=O)c1ccc(F)c(F)c1F)c1cccc(C#N)c1. The molecule has 0 aliphatic carbocycles. The summed E-state index contributed by atoms with van der Waals surface area (Å²) in [6, 6.07) is 9.77. The monoisotopic (exact) mass is 361 g/mol. The number of amides is 2. The number of anilines is 1. The molecule has 2 rings (SSSR count). The van der Waals surface area contributed by atoms with Crippen molar-refractivity contribution >= 4 is 17.5 Å². The maximum Gasteiger partial charge on any atom is 0.254 e. The minimum Gasteiger partial charge on any atom is -0.350 e. The Morgan fingerprint density at radius 2 is 1.88 bits per heavy atom. The Balaban J connectivity index is 2.06. The number of hydrogen-bond acceptors (Lipinski definition) is 3. The molecule has 0 saturated heterocycles. The second kappa shape index (κ2) is 8.16. The number of rotatable bonds is 5. The third-order valence-corrected chi connectivity index (χ3v) is 3.57. The van der Waals surface area contributed by atoms with Crippen molar-refractivity contribution < 1.29 is 22.8 Å². The highest BCUT2D eigenvalue weighted by Crippen LogP contribution is 2.17. The maximum absolute atomic E-state index is 13.6. The molecule has 0 atom stereocenters. The Bertz CT molecular complexity index is 894. The van der Waals surface area contributed by atoms with Gasteiger partial charge in [0, 0.05) is 25.7 Å². The van der Waals surface area contributed by atoms with Crippen LogP contribution in [0.3, 0.4) is 0 Å². The molecule has 0 radical (unpaired) electrons. The highest BCUT2D eigenvalue weighted by atomic mass is 19.2. The molecule has 0 aliphatic heterocycles. The molecule has 0 fully saturated rings. The van der Waals surface area contributed by atoms with Gasteiger partial charge in [0.1, 0.15) is 0 Å². The Kier molecular flexibility index (Phi) is 5.96. The number of hydrogen-bond donors (Lipinski definition) is 1. The van der Waals surface area contributed by atoms with Crippen LogP contribution in [0.5, 0.6) is 0 Å². The van der Waals surface area contributed by atoms with Crippen molar-refractivity contribution in [1.82, 2.24) is 5.32 Å². The van der Waals surface area contributed by atoms with Crippen molar-refractivity contribution in [3.05, 3.63) is 65.0 Å². The quantitative estimate of drug-likeness (QED) is 0.833. The van der Waals surface area contributed by atoms with Crippen molar-refractivity contribution in [2.75, 3.05) is 18.0 Å². The molecule has 1 N–H and O–H groups in total. The van der Waals surface area contributed by atoms with Gasteiger partial charge in [-0.15, -0.1) is 0 Å². The maximum atomic E-state index is 13.6. The number of carbonyl (C=O) groups is 2. The van der Waals surface area contributed by atoms with Crippen LogP contribution >= 0.6 is 0 Å². The summed E-state index contributed by atoms with van der Waals surface area (Å²) < 4.78 is 39.7. The lowest BCUT2D eigenvalue weighted by Crippen LogP contribution is -2.37. The minimum atomic E-state index is -1.73. The van der Waals surface area contributed by atoms with Crippen LogP contribution in [0.2, 0.25) is 0 Å². The normalized spacial score (nSPS) is 10.1. The predicted octanol–water partition coefficient (Wildman–Crippen LogP) is 2.76. The van der Waals surface area contributed by atoms with E-state index in [0.717, 1.165) is 6.07 Å². The van der Waals surface area contributed by atoms with Crippen LogP contribution in [0, 0.1) is 28.8 Å². The molecule has 2 aromatic carbocycles. The second-order valence-corrected chi connectivity index (χ2v) is 5.31. The van der Waals surface area contributed by atoms with Crippen LogP contribution in [-0.4, -0.2) is 24.9 Å². The first-order chi connectivity index (χ1) is 12.3. The molecule has 0 bridgehead atoms. The van der Waals surface area contributed by atoms with Gasteiger partial charge < -0.3 is 10.2 Å². The Labute approximate surface area is 147 Å². The van der Waals surface area contributed by atoms with Gasteiger partial charge in [-0.1, -0.05) is 6.07 Å². The first-order valence-corrected chi connectivity index (χ1v) is 7.55. The largest absolute Gasteiger partial charge is 0.350 e. The second-order valence-electron chi connectivity index (χ2n) is 5.31. The van der Waals surface area contributed by atoms with Crippen molar-refractivity contribution in [2.45, 2.75) is 6.92 Å². The third-order valence-electron chi connectivity index (χ3n) is 3.57. The fraction of sp³-hybridized carbons (Fsp3) is 0.167. The fourth-order valence-electron chi connectivity index (χ4n) is 2.29. The average Bonchev–Trinajstić information content (AvgIpc) is 2.63. The van der Waals surface area contributed by atoms with E-state index in [1.54, 1.807) is 18.2 Å². The molecule has 26 heavy (non-hydrogen) atoms. The summed E-state index contributed by atoms with van der Waals surface area (Å²) in [5.41, 5.74) is 0.191. The topological polar surface area (TPSA) is 73.2 Å². The van der Waals surface area contributed by atoms with Gasteiger partial charge in [-0.05, 0) is 30.3 Å². The highest BCUT2D eigenvalue weighted by molar-refractivity contribution is 5.95. The van der Waals surface area contributed by atoms with E-state index >= 15 is 0 Å². The van der Waals surface area contributed by atoms with Crippen molar-refractivity contribution in [3.8, 4) is 6.07 Å². The predicted molar refractivity (Wildman–Crippen MR) is 87.8 cm³/mol. The molecule has 0 unspecified atom stereocenters. The number of nitriles is 1. The number of nitrogens with zero attached hydrogens (tertiary/aromatic N) is 2. The lowest BCUT2D eigenvalue weighted by Gasteiger charge is -2.21. The molecule has 134 valence electrons. The molecular weight excluding hydrogens is 347 g/mol. The molecule has 2 amide bonds. The van der Waals surface area contributed by atoms with E-state index < -0.39 is 28.9 Å². The van der Waals surface area contributed by atoms with Gasteiger partial charge in [0.15, 0.2) is 17.5 Å². The summed E-state index contributed by atoms with van der Waals surface area (Å²) in [4.78, 5) is 25.1. The molecule has 0 spiro atoms.